The zero-order valence-corrected chi connectivity index (χ0v) is 13.0. The van der Waals surface area contributed by atoms with Gasteiger partial charge in [0, 0.05) is 5.69 Å². The van der Waals surface area contributed by atoms with Crippen molar-refractivity contribution >= 4 is 11.9 Å². The summed E-state index contributed by atoms with van der Waals surface area (Å²) >= 11 is 0. The fourth-order valence-electron chi connectivity index (χ4n) is 2.99. The number of pyridine rings is 1. The Balaban J connectivity index is 1.88. The highest BCUT2D eigenvalue weighted by Crippen LogP contribution is 2.19. The second-order valence-electron chi connectivity index (χ2n) is 5.88. The van der Waals surface area contributed by atoms with E-state index in [0.717, 1.165) is 36.9 Å². The van der Waals surface area contributed by atoms with E-state index in [4.69, 9.17) is 0 Å². The molecule has 1 aliphatic carbocycles. The number of rotatable bonds is 4. The van der Waals surface area contributed by atoms with Gasteiger partial charge in [0.25, 0.3) is 11.5 Å². The second kappa shape index (κ2) is 6.70. The summed E-state index contributed by atoms with van der Waals surface area (Å²) < 4.78 is 0. The van der Waals surface area contributed by atoms with Crippen molar-refractivity contribution in [1.29, 1.82) is 0 Å². The minimum atomic E-state index is -1.20. The molecule has 0 radical (unpaired) electrons. The predicted octanol–water partition coefficient (Wildman–Crippen LogP) is 1.81. The molecule has 2 aromatic rings. The summed E-state index contributed by atoms with van der Waals surface area (Å²) in [5.41, 5.74) is 1.76. The van der Waals surface area contributed by atoms with Gasteiger partial charge in [-0.15, -0.1) is 0 Å². The first-order valence-electron chi connectivity index (χ1n) is 7.90. The van der Waals surface area contributed by atoms with E-state index in [0.29, 0.717) is 5.56 Å². The van der Waals surface area contributed by atoms with Crippen molar-refractivity contribution in [2.75, 3.05) is 0 Å². The van der Waals surface area contributed by atoms with Crippen molar-refractivity contribution < 1.29 is 14.7 Å². The molecule has 24 heavy (non-hydrogen) atoms. The Hall–Kier alpha value is -2.89. The van der Waals surface area contributed by atoms with Crippen molar-refractivity contribution in [2.24, 2.45) is 0 Å². The van der Waals surface area contributed by atoms with Crippen LogP contribution in [-0.2, 0) is 17.6 Å². The Morgan fingerprint density at radius 1 is 1.12 bits per heavy atom. The lowest BCUT2D eigenvalue weighted by molar-refractivity contribution is -0.139. The first kappa shape index (κ1) is 16.0. The highest BCUT2D eigenvalue weighted by molar-refractivity contribution is 5.96. The van der Waals surface area contributed by atoms with Gasteiger partial charge < -0.3 is 15.4 Å². The molecule has 1 amide bonds. The summed E-state index contributed by atoms with van der Waals surface area (Å²) in [7, 11) is 0. The fraction of sp³-hybridized carbons (Fsp3) is 0.278. The molecule has 0 fully saturated rings. The van der Waals surface area contributed by atoms with Gasteiger partial charge in [-0.2, -0.15) is 0 Å². The number of aromatic nitrogens is 1. The number of nitrogens with one attached hydrogen (secondary N) is 2. The molecule has 1 atom stereocenters. The molecule has 0 bridgehead atoms. The molecular weight excluding hydrogens is 308 g/mol. The Labute approximate surface area is 138 Å². The summed E-state index contributed by atoms with van der Waals surface area (Å²) in [4.78, 5) is 38.8. The van der Waals surface area contributed by atoms with Gasteiger partial charge in [0.15, 0.2) is 6.04 Å². The first-order valence-corrected chi connectivity index (χ1v) is 7.90. The van der Waals surface area contributed by atoms with Crippen molar-refractivity contribution in [1.82, 2.24) is 10.3 Å². The number of fused-ring (bicyclic) bond motifs is 1. The first-order chi connectivity index (χ1) is 11.6. The van der Waals surface area contributed by atoms with Gasteiger partial charge in [-0.05, 0) is 42.9 Å². The lowest BCUT2D eigenvalue weighted by Crippen LogP contribution is -2.37. The third-order valence-corrected chi connectivity index (χ3v) is 4.24. The Kier molecular flexibility index (Phi) is 4.46. The summed E-state index contributed by atoms with van der Waals surface area (Å²) in [6, 6.07) is 8.79. The topological polar surface area (TPSA) is 99.3 Å². The fourth-order valence-corrected chi connectivity index (χ4v) is 2.99. The Morgan fingerprint density at radius 2 is 1.83 bits per heavy atom. The highest BCUT2D eigenvalue weighted by atomic mass is 16.4. The summed E-state index contributed by atoms with van der Waals surface area (Å²) in [5, 5.41) is 11.8. The van der Waals surface area contributed by atoms with Gasteiger partial charge in [0.1, 0.15) is 5.56 Å². The van der Waals surface area contributed by atoms with Crippen molar-refractivity contribution in [3.8, 4) is 0 Å². The maximum Gasteiger partial charge on any atom is 0.330 e. The third kappa shape index (κ3) is 3.22. The van der Waals surface area contributed by atoms with E-state index >= 15 is 0 Å². The average molecular weight is 326 g/mol. The number of amides is 1. The monoisotopic (exact) mass is 326 g/mol. The van der Waals surface area contributed by atoms with E-state index in [-0.39, 0.29) is 5.56 Å². The number of carbonyl (C=O) groups excluding carboxylic acids is 1. The number of aryl methyl sites for hydroxylation is 2. The normalized spacial score (nSPS) is 14.5. The van der Waals surface area contributed by atoms with Crippen LogP contribution in [0.25, 0.3) is 0 Å². The number of carboxylic acid groups (broad SMARTS) is 1. The maximum absolute atomic E-state index is 12.4. The molecular formula is C18H18N2O4. The lowest BCUT2D eigenvalue weighted by Gasteiger charge is -2.17. The largest absolute Gasteiger partial charge is 0.479 e. The molecule has 1 heterocycles. The molecule has 3 rings (SSSR count). The number of benzene rings is 1. The number of hydrogen-bond donors (Lipinski definition) is 3. The molecule has 0 saturated heterocycles. The van der Waals surface area contributed by atoms with E-state index in [1.807, 2.05) is 0 Å². The predicted molar refractivity (Wildman–Crippen MR) is 88.0 cm³/mol. The number of aliphatic carboxylic acids is 1. The van der Waals surface area contributed by atoms with Crippen LogP contribution in [0.15, 0.2) is 41.2 Å². The van der Waals surface area contributed by atoms with Crippen LogP contribution in [-0.4, -0.2) is 22.0 Å². The van der Waals surface area contributed by atoms with Gasteiger partial charge in [-0.1, -0.05) is 30.3 Å². The maximum atomic E-state index is 12.4. The molecule has 3 N–H and O–H groups in total. The molecule has 6 nitrogen and oxygen atoms in total. The van der Waals surface area contributed by atoms with Gasteiger partial charge in [0.2, 0.25) is 0 Å². The summed E-state index contributed by atoms with van der Waals surface area (Å²) in [6.45, 7) is 0. The Morgan fingerprint density at radius 3 is 2.54 bits per heavy atom. The van der Waals surface area contributed by atoms with Crippen LogP contribution in [0.5, 0.6) is 0 Å². The lowest BCUT2D eigenvalue weighted by atomic mass is 9.95. The van der Waals surface area contributed by atoms with Gasteiger partial charge in [-0.25, -0.2) is 4.79 Å². The van der Waals surface area contributed by atoms with Crippen LogP contribution in [0.3, 0.4) is 0 Å². The second-order valence-corrected chi connectivity index (χ2v) is 5.88. The van der Waals surface area contributed by atoms with Crippen LogP contribution < -0.4 is 10.9 Å². The molecule has 1 aliphatic rings. The van der Waals surface area contributed by atoms with Crippen LogP contribution in [0.1, 0.15) is 46.1 Å². The quantitative estimate of drug-likeness (QED) is 0.798. The van der Waals surface area contributed by atoms with Gasteiger partial charge in [-0.3, -0.25) is 9.59 Å². The summed E-state index contributed by atoms with van der Waals surface area (Å²) in [6.07, 6.45) is 3.65. The van der Waals surface area contributed by atoms with E-state index < -0.39 is 23.5 Å². The van der Waals surface area contributed by atoms with Gasteiger partial charge >= 0.3 is 5.97 Å². The molecule has 0 aliphatic heterocycles. The minimum Gasteiger partial charge on any atom is -0.479 e. The Bertz CT molecular complexity index is 827. The van der Waals surface area contributed by atoms with Crippen LogP contribution in [0.2, 0.25) is 0 Å². The van der Waals surface area contributed by atoms with Crippen LogP contribution in [0, 0.1) is 0 Å². The van der Waals surface area contributed by atoms with Crippen LogP contribution in [0.4, 0.5) is 0 Å². The molecule has 124 valence electrons. The van der Waals surface area contributed by atoms with E-state index in [1.54, 1.807) is 36.4 Å². The van der Waals surface area contributed by atoms with Crippen LogP contribution >= 0.6 is 0 Å². The number of hydrogen-bond acceptors (Lipinski definition) is 3. The van der Waals surface area contributed by atoms with Crippen molar-refractivity contribution in [2.45, 2.75) is 31.7 Å². The molecule has 6 heteroatoms. The number of H-pyrrole nitrogens is 1. The van der Waals surface area contributed by atoms with Gasteiger partial charge in [0.05, 0.1) is 0 Å². The number of carbonyl (C=O) groups is 2. The van der Waals surface area contributed by atoms with E-state index in [9.17, 15) is 19.5 Å². The van der Waals surface area contributed by atoms with Crippen molar-refractivity contribution in [3.05, 3.63) is 69.1 Å². The molecule has 1 aromatic carbocycles. The number of carboxylic acids is 1. The molecule has 1 aromatic heterocycles. The zero-order valence-electron chi connectivity index (χ0n) is 13.0. The highest BCUT2D eigenvalue weighted by Gasteiger charge is 2.24. The summed E-state index contributed by atoms with van der Waals surface area (Å²) in [5.74, 6) is -1.86. The molecule has 0 spiro atoms. The zero-order chi connectivity index (χ0) is 17.1. The van der Waals surface area contributed by atoms with E-state index in [2.05, 4.69) is 10.3 Å². The van der Waals surface area contributed by atoms with Crippen molar-refractivity contribution in [3.63, 3.8) is 0 Å². The third-order valence-electron chi connectivity index (χ3n) is 4.24. The molecule has 0 saturated carbocycles. The minimum absolute atomic E-state index is 0.0437. The van der Waals surface area contributed by atoms with E-state index in [1.165, 1.54) is 0 Å². The standard InChI is InChI=1S/C18H18N2O4/c21-16-13(10-12-8-4-5-9-14(12)19-16)17(22)20-15(18(23)24)11-6-2-1-3-7-11/h1-3,6-7,10,15H,4-5,8-9H2,(H,19,21)(H,20,22)(H,23,24). The number of aromatic amines is 1. The SMILES string of the molecule is O=C(NC(C(=O)O)c1ccccc1)c1cc2c([nH]c1=O)CCCC2. The molecule has 1 unspecified atom stereocenters. The smallest absolute Gasteiger partial charge is 0.330 e. The average Bonchev–Trinajstić information content (AvgIpc) is 2.59.